The number of nitrogens with zero attached hydrogens (tertiary/aromatic N) is 2. The van der Waals surface area contributed by atoms with Crippen molar-refractivity contribution in [2.75, 3.05) is 40.5 Å². The molecule has 1 unspecified atom stereocenters. The van der Waals surface area contributed by atoms with E-state index < -0.39 is 5.54 Å². The first kappa shape index (κ1) is 28.4. The average Bonchev–Trinajstić information content (AvgIpc) is 3.51. The minimum atomic E-state index is -0.423. The number of urea groups is 1. The summed E-state index contributed by atoms with van der Waals surface area (Å²) in [4.78, 5) is 30.1. The highest BCUT2D eigenvalue weighted by Gasteiger charge is 2.28. The summed E-state index contributed by atoms with van der Waals surface area (Å²) in [6.07, 6.45) is 2.38. The third-order valence-corrected chi connectivity index (χ3v) is 6.16. The molecule has 2 aromatic rings. The van der Waals surface area contributed by atoms with Gasteiger partial charge in [0.2, 0.25) is 5.91 Å². The van der Waals surface area contributed by atoms with Crippen LogP contribution in [0, 0.1) is 6.92 Å². The van der Waals surface area contributed by atoms with E-state index in [4.69, 9.17) is 18.6 Å². The minimum Gasteiger partial charge on any atom is -0.493 e. The number of hydrogen-bond donors (Lipinski definition) is 1. The van der Waals surface area contributed by atoms with E-state index in [0.717, 1.165) is 24.2 Å². The Labute approximate surface area is 220 Å². The van der Waals surface area contributed by atoms with Gasteiger partial charge in [0.25, 0.3) is 0 Å². The first-order valence-electron chi connectivity index (χ1n) is 12.8. The van der Waals surface area contributed by atoms with E-state index >= 15 is 0 Å². The number of carbonyl (C=O) groups is 2. The second kappa shape index (κ2) is 12.9. The smallest absolute Gasteiger partial charge is 0.318 e. The molecule has 0 radical (unpaired) electrons. The Bertz CT molecular complexity index is 1040. The van der Waals surface area contributed by atoms with Crippen molar-refractivity contribution in [2.24, 2.45) is 0 Å². The zero-order chi connectivity index (χ0) is 27.0. The Hall–Kier alpha value is -3.20. The Balaban J connectivity index is 1.76. The van der Waals surface area contributed by atoms with Gasteiger partial charge in [0.1, 0.15) is 18.1 Å². The maximum atomic E-state index is 13.6. The second-order valence-electron chi connectivity index (χ2n) is 10.5. The zero-order valence-corrected chi connectivity index (χ0v) is 23.0. The SMILES string of the molecule is COc1ccc(CCN(Cc2ccc(C)o2)C(=O)CN(CC2CCCO2)C(=O)NC(C)(C)C)cc1OC. The average molecular weight is 516 g/mol. The first-order valence-corrected chi connectivity index (χ1v) is 12.8. The molecule has 2 heterocycles. The number of hydrogen-bond acceptors (Lipinski definition) is 6. The molecular weight excluding hydrogens is 474 g/mol. The van der Waals surface area contributed by atoms with Crippen molar-refractivity contribution in [3.05, 3.63) is 47.4 Å². The van der Waals surface area contributed by atoms with E-state index in [1.165, 1.54) is 0 Å². The Morgan fingerprint density at radius 2 is 1.84 bits per heavy atom. The van der Waals surface area contributed by atoms with Gasteiger partial charge >= 0.3 is 6.03 Å². The molecule has 204 valence electrons. The summed E-state index contributed by atoms with van der Waals surface area (Å²) < 4.78 is 22.3. The quantitative estimate of drug-likeness (QED) is 0.483. The van der Waals surface area contributed by atoms with Crippen LogP contribution in [0.5, 0.6) is 11.5 Å². The second-order valence-corrected chi connectivity index (χ2v) is 10.5. The molecule has 1 aliphatic rings. The predicted molar refractivity (Wildman–Crippen MR) is 141 cm³/mol. The fourth-order valence-corrected chi connectivity index (χ4v) is 4.27. The van der Waals surface area contributed by atoms with Gasteiger partial charge in [-0.15, -0.1) is 0 Å². The molecule has 3 rings (SSSR count). The van der Waals surface area contributed by atoms with Crippen LogP contribution in [0.4, 0.5) is 4.79 Å². The maximum absolute atomic E-state index is 13.6. The third-order valence-electron chi connectivity index (χ3n) is 6.16. The van der Waals surface area contributed by atoms with Gasteiger partial charge in [-0.1, -0.05) is 6.07 Å². The highest BCUT2D eigenvalue weighted by Crippen LogP contribution is 2.28. The highest BCUT2D eigenvalue weighted by molar-refractivity contribution is 5.84. The van der Waals surface area contributed by atoms with Crippen LogP contribution >= 0.6 is 0 Å². The van der Waals surface area contributed by atoms with E-state index in [1.807, 2.05) is 58.0 Å². The number of nitrogens with one attached hydrogen (secondary N) is 1. The molecular formula is C28H41N3O6. The fourth-order valence-electron chi connectivity index (χ4n) is 4.27. The molecule has 1 aliphatic heterocycles. The van der Waals surface area contributed by atoms with Crippen molar-refractivity contribution < 1.29 is 28.2 Å². The number of benzene rings is 1. The molecule has 1 N–H and O–H groups in total. The molecule has 1 atom stereocenters. The summed E-state index contributed by atoms with van der Waals surface area (Å²) in [5.74, 6) is 2.62. The summed E-state index contributed by atoms with van der Waals surface area (Å²) >= 11 is 0. The van der Waals surface area contributed by atoms with Gasteiger partial charge in [-0.05, 0) is 76.8 Å². The summed E-state index contributed by atoms with van der Waals surface area (Å²) in [5, 5.41) is 2.99. The lowest BCUT2D eigenvalue weighted by Crippen LogP contribution is -2.53. The number of furan rings is 1. The normalized spacial score (nSPS) is 15.4. The maximum Gasteiger partial charge on any atom is 0.318 e. The predicted octanol–water partition coefficient (Wildman–Crippen LogP) is 4.17. The van der Waals surface area contributed by atoms with Crippen molar-refractivity contribution >= 4 is 11.9 Å². The van der Waals surface area contributed by atoms with Crippen LogP contribution in [0.1, 0.15) is 50.7 Å². The van der Waals surface area contributed by atoms with Crippen LogP contribution in [-0.4, -0.2) is 73.8 Å². The molecule has 0 aliphatic carbocycles. The largest absolute Gasteiger partial charge is 0.493 e. The molecule has 37 heavy (non-hydrogen) atoms. The summed E-state index contributed by atoms with van der Waals surface area (Å²) in [5.41, 5.74) is 0.584. The summed E-state index contributed by atoms with van der Waals surface area (Å²) in [6.45, 7) is 9.41. The highest BCUT2D eigenvalue weighted by atomic mass is 16.5. The molecule has 0 saturated carbocycles. The van der Waals surface area contributed by atoms with E-state index in [2.05, 4.69) is 5.32 Å². The topological polar surface area (TPSA) is 93.5 Å². The van der Waals surface area contributed by atoms with Crippen molar-refractivity contribution in [2.45, 2.75) is 65.1 Å². The van der Waals surface area contributed by atoms with Gasteiger partial charge in [-0.2, -0.15) is 0 Å². The lowest BCUT2D eigenvalue weighted by atomic mass is 10.1. The van der Waals surface area contributed by atoms with Gasteiger partial charge in [-0.3, -0.25) is 4.79 Å². The van der Waals surface area contributed by atoms with E-state index in [-0.39, 0.29) is 24.6 Å². The summed E-state index contributed by atoms with van der Waals surface area (Å²) in [6, 6.07) is 9.22. The van der Waals surface area contributed by atoms with Crippen LogP contribution in [0.2, 0.25) is 0 Å². The minimum absolute atomic E-state index is 0.0482. The summed E-state index contributed by atoms with van der Waals surface area (Å²) in [7, 11) is 3.20. The van der Waals surface area contributed by atoms with Gasteiger partial charge < -0.3 is 33.7 Å². The molecule has 3 amide bonds. The number of amides is 3. The number of ether oxygens (including phenoxy) is 3. The van der Waals surface area contributed by atoms with Crippen LogP contribution in [0.3, 0.4) is 0 Å². The van der Waals surface area contributed by atoms with Crippen molar-refractivity contribution in [1.82, 2.24) is 15.1 Å². The van der Waals surface area contributed by atoms with Crippen LogP contribution in [0.15, 0.2) is 34.7 Å². The number of methoxy groups -OCH3 is 2. The number of aryl methyl sites for hydroxylation is 1. The first-order chi connectivity index (χ1) is 17.6. The Morgan fingerprint density at radius 3 is 2.43 bits per heavy atom. The molecule has 1 aromatic heterocycles. The zero-order valence-electron chi connectivity index (χ0n) is 23.0. The number of carbonyl (C=O) groups excluding carboxylic acids is 2. The lowest BCUT2D eigenvalue weighted by Gasteiger charge is -2.31. The molecule has 1 fully saturated rings. The van der Waals surface area contributed by atoms with Crippen LogP contribution in [0.25, 0.3) is 0 Å². The number of rotatable bonds is 11. The van der Waals surface area contributed by atoms with Gasteiger partial charge in [-0.25, -0.2) is 4.79 Å². The molecule has 1 aromatic carbocycles. The monoisotopic (exact) mass is 515 g/mol. The Morgan fingerprint density at radius 1 is 1.08 bits per heavy atom. The van der Waals surface area contributed by atoms with E-state index in [0.29, 0.717) is 49.9 Å². The molecule has 0 bridgehead atoms. The van der Waals surface area contributed by atoms with Crippen LogP contribution in [-0.2, 0) is 22.5 Å². The third kappa shape index (κ3) is 8.70. The van der Waals surface area contributed by atoms with E-state index in [9.17, 15) is 9.59 Å². The molecule has 0 spiro atoms. The van der Waals surface area contributed by atoms with Crippen molar-refractivity contribution in [3.8, 4) is 11.5 Å². The standard InChI is InChI=1S/C28H41N3O6/c1-20-9-11-23(37-20)18-30(14-13-21-10-12-24(34-5)25(16-21)35-6)26(32)19-31(17-22-8-7-15-36-22)27(33)29-28(2,3)4/h9-12,16,22H,7-8,13-15,17-19H2,1-6H3,(H,29,33). The van der Waals surface area contributed by atoms with Gasteiger partial charge in [0.05, 0.1) is 26.9 Å². The van der Waals surface area contributed by atoms with Gasteiger partial charge in [0, 0.05) is 25.2 Å². The van der Waals surface area contributed by atoms with Crippen LogP contribution < -0.4 is 14.8 Å². The van der Waals surface area contributed by atoms with Crippen molar-refractivity contribution in [1.29, 1.82) is 0 Å². The molecule has 1 saturated heterocycles. The van der Waals surface area contributed by atoms with E-state index in [1.54, 1.807) is 24.0 Å². The molecule has 9 heteroatoms. The fraction of sp³-hybridized carbons (Fsp3) is 0.571. The Kier molecular flexibility index (Phi) is 9.86. The van der Waals surface area contributed by atoms with Crippen molar-refractivity contribution in [3.63, 3.8) is 0 Å². The molecule has 9 nitrogen and oxygen atoms in total. The lowest BCUT2D eigenvalue weighted by molar-refractivity contribution is -0.133. The van der Waals surface area contributed by atoms with Gasteiger partial charge in [0.15, 0.2) is 11.5 Å².